The SMILES string of the molecule is C=CCN(CCOC)c1ccc(C(C)=O)c(Br)c1. The highest BCUT2D eigenvalue weighted by atomic mass is 79.9. The number of halogens is 1. The highest BCUT2D eigenvalue weighted by molar-refractivity contribution is 9.10. The van der Waals surface area contributed by atoms with Crippen molar-refractivity contribution < 1.29 is 9.53 Å². The van der Waals surface area contributed by atoms with Crippen LogP contribution in [0.5, 0.6) is 0 Å². The summed E-state index contributed by atoms with van der Waals surface area (Å²) in [6.07, 6.45) is 1.85. The topological polar surface area (TPSA) is 29.5 Å². The van der Waals surface area contributed by atoms with Gasteiger partial charge in [0, 0.05) is 35.9 Å². The third-order valence-electron chi connectivity index (χ3n) is 2.61. The van der Waals surface area contributed by atoms with Gasteiger partial charge in [-0.3, -0.25) is 4.79 Å². The van der Waals surface area contributed by atoms with Crippen molar-refractivity contribution in [2.24, 2.45) is 0 Å². The summed E-state index contributed by atoms with van der Waals surface area (Å²) in [7, 11) is 1.68. The molecule has 0 fully saturated rings. The number of anilines is 1. The van der Waals surface area contributed by atoms with E-state index in [1.165, 1.54) is 0 Å². The molecule has 4 heteroatoms. The predicted molar refractivity (Wildman–Crippen MR) is 78.4 cm³/mol. The fraction of sp³-hybridized carbons (Fsp3) is 0.357. The number of ether oxygens (including phenoxy) is 1. The van der Waals surface area contributed by atoms with E-state index in [4.69, 9.17) is 4.74 Å². The van der Waals surface area contributed by atoms with Crippen molar-refractivity contribution in [3.8, 4) is 0 Å². The zero-order valence-corrected chi connectivity index (χ0v) is 12.4. The van der Waals surface area contributed by atoms with Crippen molar-refractivity contribution in [1.82, 2.24) is 0 Å². The standard InChI is InChI=1S/C14H18BrNO2/c1-4-7-16(8-9-18-3)12-5-6-13(11(2)17)14(15)10-12/h4-6,10H,1,7-9H2,2-3H3. The zero-order valence-electron chi connectivity index (χ0n) is 10.8. The molecule has 0 bridgehead atoms. The zero-order chi connectivity index (χ0) is 13.5. The van der Waals surface area contributed by atoms with E-state index in [1.54, 1.807) is 14.0 Å². The van der Waals surface area contributed by atoms with Gasteiger partial charge in [-0.2, -0.15) is 0 Å². The molecule has 0 atom stereocenters. The molecule has 0 heterocycles. The fourth-order valence-corrected chi connectivity index (χ4v) is 2.32. The second-order valence-electron chi connectivity index (χ2n) is 3.95. The minimum atomic E-state index is 0.0561. The van der Waals surface area contributed by atoms with E-state index < -0.39 is 0 Å². The number of Topliss-reactive ketones (excluding diaryl/α,β-unsaturated/α-hetero) is 1. The monoisotopic (exact) mass is 311 g/mol. The van der Waals surface area contributed by atoms with Crippen LogP contribution in [-0.4, -0.2) is 32.6 Å². The lowest BCUT2D eigenvalue weighted by Gasteiger charge is -2.23. The highest BCUT2D eigenvalue weighted by Crippen LogP contribution is 2.24. The number of carbonyl (C=O) groups is 1. The van der Waals surface area contributed by atoms with E-state index >= 15 is 0 Å². The van der Waals surface area contributed by atoms with E-state index in [9.17, 15) is 4.79 Å². The van der Waals surface area contributed by atoms with Crippen molar-refractivity contribution in [1.29, 1.82) is 0 Å². The molecular weight excluding hydrogens is 294 g/mol. The highest BCUT2D eigenvalue weighted by Gasteiger charge is 2.09. The van der Waals surface area contributed by atoms with E-state index in [2.05, 4.69) is 27.4 Å². The Kier molecular flexibility index (Phi) is 6.09. The molecule has 0 radical (unpaired) electrons. The number of methoxy groups -OCH3 is 1. The van der Waals surface area contributed by atoms with E-state index in [1.807, 2.05) is 24.3 Å². The number of hydrogen-bond acceptors (Lipinski definition) is 3. The second-order valence-corrected chi connectivity index (χ2v) is 4.80. The molecule has 3 nitrogen and oxygen atoms in total. The van der Waals surface area contributed by atoms with Gasteiger partial charge in [0.05, 0.1) is 6.61 Å². The molecule has 1 aromatic carbocycles. The lowest BCUT2D eigenvalue weighted by Crippen LogP contribution is -2.27. The van der Waals surface area contributed by atoms with Gasteiger partial charge in [0.25, 0.3) is 0 Å². The normalized spacial score (nSPS) is 10.2. The Hall–Kier alpha value is -1.13. The second kappa shape index (κ2) is 7.34. The summed E-state index contributed by atoms with van der Waals surface area (Å²) >= 11 is 3.43. The Bertz CT molecular complexity index is 432. The van der Waals surface area contributed by atoms with Crippen LogP contribution in [0.4, 0.5) is 5.69 Å². The molecule has 0 amide bonds. The van der Waals surface area contributed by atoms with Crippen LogP contribution in [0.3, 0.4) is 0 Å². The quantitative estimate of drug-likeness (QED) is 0.571. The molecular formula is C14H18BrNO2. The minimum absolute atomic E-state index is 0.0561. The predicted octanol–water partition coefficient (Wildman–Crippen LogP) is 3.29. The Balaban J connectivity index is 2.94. The van der Waals surface area contributed by atoms with Crippen LogP contribution >= 0.6 is 15.9 Å². The summed E-state index contributed by atoms with van der Waals surface area (Å²) in [6, 6.07) is 5.74. The number of hydrogen-bond donors (Lipinski definition) is 0. The summed E-state index contributed by atoms with van der Waals surface area (Å²) in [6.45, 7) is 7.50. The first kappa shape index (κ1) is 14.9. The number of carbonyl (C=O) groups excluding carboxylic acids is 1. The Morgan fingerprint density at radius 1 is 1.56 bits per heavy atom. The Morgan fingerprint density at radius 3 is 2.78 bits per heavy atom. The van der Waals surface area contributed by atoms with Crippen LogP contribution < -0.4 is 4.90 Å². The number of rotatable bonds is 7. The van der Waals surface area contributed by atoms with Crippen LogP contribution in [0.25, 0.3) is 0 Å². The van der Waals surface area contributed by atoms with Crippen LogP contribution in [0.1, 0.15) is 17.3 Å². The molecule has 1 aromatic rings. The summed E-state index contributed by atoms with van der Waals surface area (Å²) in [5, 5.41) is 0. The lowest BCUT2D eigenvalue weighted by atomic mass is 10.1. The Labute approximate surface area is 117 Å². The molecule has 0 aliphatic heterocycles. The van der Waals surface area contributed by atoms with Crippen molar-refractivity contribution in [3.63, 3.8) is 0 Å². The first-order valence-corrected chi connectivity index (χ1v) is 6.54. The molecule has 0 aromatic heterocycles. The smallest absolute Gasteiger partial charge is 0.160 e. The first-order valence-electron chi connectivity index (χ1n) is 5.75. The maximum Gasteiger partial charge on any atom is 0.160 e. The fourth-order valence-electron chi connectivity index (χ4n) is 1.67. The van der Waals surface area contributed by atoms with E-state index in [0.717, 1.165) is 23.2 Å². The summed E-state index contributed by atoms with van der Waals surface area (Å²) in [4.78, 5) is 13.5. The maximum absolute atomic E-state index is 11.4. The third kappa shape index (κ3) is 3.96. The van der Waals surface area contributed by atoms with Crippen LogP contribution in [0, 0.1) is 0 Å². The van der Waals surface area contributed by atoms with E-state index in [-0.39, 0.29) is 5.78 Å². The van der Waals surface area contributed by atoms with Gasteiger partial charge in [0.2, 0.25) is 0 Å². The number of nitrogens with zero attached hydrogens (tertiary/aromatic N) is 1. The molecule has 0 unspecified atom stereocenters. The Morgan fingerprint density at radius 2 is 2.28 bits per heavy atom. The van der Waals surface area contributed by atoms with E-state index in [0.29, 0.717) is 12.2 Å². The average molecular weight is 312 g/mol. The van der Waals surface area contributed by atoms with Gasteiger partial charge in [-0.15, -0.1) is 6.58 Å². The van der Waals surface area contributed by atoms with Crippen molar-refractivity contribution >= 4 is 27.4 Å². The van der Waals surface area contributed by atoms with Crippen molar-refractivity contribution in [2.45, 2.75) is 6.92 Å². The number of benzene rings is 1. The largest absolute Gasteiger partial charge is 0.383 e. The van der Waals surface area contributed by atoms with Crippen LogP contribution in [0.15, 0.2) is 35.3 Å². The molecule has 0 saturated carbocycles. The van der Waals surface area contributed by atoms with Gasteiger partial charge in [-0.25, -0.2) is 0 Å². The van der Waals surface area contributed by atoms with Crippen LogP contribution in [0.2, 0.25) is 0 Å². The average Bonchev–Trinajstić information content (AvgIpc) is 2.33. The van der Waals surface area contributed by atoms with Gasteiger partial charge in [-0.05, 0) is 41.1 Å². The molecule has 1 rings (SSSR count). The summed E-state index contributed by atoms with van der Waals surface area (Å²) in [5.41, 5.74) is 1.74. The summed E-state index contributed by atoms with van der Waals surface area (Å²) < 4.78 is 5.91. The third-order valence-corrected chi connectivity index (χ3v) is 3.27. The van der Waals surface area contributed by atoms with Crippen LogP contribution in [-0.2, 0) is 4.74 Å². The van der Waals surface area contributed by atoms with Gasteiger partial charge in [0.15, 0.2) is 5.78 Å². The molecule has 0 aliphatic carbocycles. The maximum atomic E-state index is 11.4. The van der Waals surface area contributed by atoms with Gasteiger partial charge in [-0.1, -0.05) is 6.08 Å². The van der Waals surface area contributed by atoms with Gasteiger partial charge >= 0.3 is 0 Å². The molecule has 0 aliphatic rings. The molecule has 0 saturated heterocycles. The first-order chi connectivity index (χ1) is 8.60. The molecule has 0 spiro atoms. The van der Waals surface area contributed by atoms with Crippen molar-refractivity contribution in [2.75, 3.05) is 31.7 Å². The molecule has 98 valence electrons. The minimum Gasteiger partial charge on any atom is -0.383 e. The lowest BCUT2D eigenvalue weighted by molar-refractivity contribution is 0.101. The molecule has 18 heavy (non-hydrogen) atoms. The number of ketones is 1. The van der Waals surface area contributed by atoms with Gasteiger partial charge < -0.3 is 9.64 Å². The summed E-state index contributed by atoms with van der Waals surface area (Å²) in [5.74, 6) is 0.0561. The van der Waals surface area contributed by atoms with Gasteiger partial charge in [0.1, 0.15) is 0 Å². The van der Waals surface area contributed by atoms with Crippen molar-refractivity contribution in [3.05, 3.63) is 40.9 Å². The molecule has 0 N–H and O–H groups in total.